The Bertz CT molecular complexity index is 978. The standard InChI is InChI=1S/C17H16FN3O2S/c1-10-11(2)24-16-15(10)17(23)21(9-19-16)8-7-14(22)20-13-6-4-3-5-12(13)18/h3-6,9H,7-8H2,1-2H3,(H,20,22). The molecule has 3 aromatic rings. The lowest BCUT2D eigenvalue weighted by atomic mass is 10.2. The summed E-state index contributed by atoms with van der Waals surface area (Å²) in [4.78, 5) is 30.6. The highest BCUT2D eigenvalue weighted by atomic mass is 32.1. The molecule has 0 aliphatic heterocycles. The lowest BCUT2D eigenvalue weighted by Crippen LogP contribution is -2.23. The number of hydrogen-bond acceptors (Lipinski definition) is 4. The number of hydrogen-bond donors (Lipinski definition) is 1. The van der Waals surface area contributed by atoms with Crippen LogP contribution in [0.1, 0.15) is 16.9 Å². The van der Waals surface area contributed by atoms with Crippen molar-refractivity contribution >= 4 is 33.1 Å². The minimum absolute atomic E-state index is 0.0591. The van der Waals surface area contributed by atoms with Gasteiger partial charge in [0.1, 0.15) is 10.6 Å². The van der Waals surface area contributed by atoms with Gasteiger partial charge in [0.25, 0.3) is 5.56 Å². The SMILES string of the molecule is Cc1sc2ncn(CCC(=O)Nc3ccccc3F)c(=O)c2c1C. The first-order valence-electron chi connectivity index (χ1n) is 7.47. The van der Waals surface area contributed by atoms with Gasteiger partial charge in [-0.15, -0.1) is 11.3 Å². The highest BCUT2D eigenvalue weighted by molar-refractivity contribution is 7.18. The van der Waals surface area contributed by atoms with Crippen molar-refractivity contribution in [2.75, 3.05) is 5.32 Å². The van der Waals surface area contributed by atoms with Crippen LogP contribution in [-0.2, 0) is 11.3 Å². The number of nitrogens with one attached hydrogen (secondary N) is 1. The lowest BCUT2D eigenvalue weighted by molar-refractivity contribution is -0.116. The molecular weight excluding hydrogens is 329 g/mol. The van der Waals surface area contributed by atoms with Crippen LogP contribution in [0.3, 0.4) is 0 Å². The number of aromatic nitrogens is 2. The predicted octanol–water partition coefficient (Wildman–Crippen LogP) is 3.24. The van der Waals surface area contributed by atoms with E-state index >= 15 is 0 Å². The number of thiophene rings is 1. The van der Waals surface area contributed by atoms with Crippen molar-refractivity contribution in [2.45, 2.75) is 26.8 Å². The Morgan fingerprint density at radius 3 is 2.83 bits per heavy atom. The molecule has 0 bridgehead atoms. The van der Waals surface area contributed by atoms with Crippen molar-refractivity contribution in [3.63, 3.8) is 0 Å². The molecule has 0 spiro atoms. The van der Waals surface area contributed by atoms with Crippen LogP contribution in [0.2, 0.25) is 0 Å². The van der Waals surface area contributed by atoms with Gasteiger partial charge in [-0.2, -0.15) is 0 Å². The topological polar surface area (TPSA) is 64.0 Å². The molecule has 0 saturated carbocycles. The molecular formula is C17H16FN3O2S. The second kappa shape index (κ2) is 6.52. The smallest absolute Gasteiger partial charge is 0.262 e. The Hall–Kier alpha value is -2.54. The highest BCUT2D eigenvalue weighted by Crippen LogP contribution is 2.25. The predicted molar refractivity (Wildman–Crippen MR) is 93.0 cm³/mol. The second-order valence-electron chi connectivity index (χ2n) is 5.48. The average molecular weight is 345 g/mol. The summed E-state index contributed by atoms with van der Waals surface area (Å²) in [6.07, 6.45) is 1.51. The molecule has 24 heavy (non-hydrogen) atoms. The maximum absolute atomic E-state index is 13.5. The molecule has 2 aromatic heterocycles. The van der Waals surface area contributed by atoms with E-state index in [9.17, 15) is 14.0 Å². The van der Waals surface area contributed by atoms with Gasteiger partial charge < -0.3 is 5.32 Å². The van der Waals surface area contributed by atoms with Crippen molar-refractivity contribution in [1.29, 1.82) is 0 Å². The summed E-state index contributed by atoms with van der Waals surface area (Å²) in [5, 5.41) is 3.11. The van der Waals surface area contributed by atoms with E-state index in [1.54, 1.807) is 12.1 Å². The van der Waals surface area contributed by atoms with E-state index in [4.69, 9.17) is 0 Å². The molecule has 0 fully saturated rings. The fraction of sp³-hybridized carbons (Fsp3) is 0.235. The molecule has 3 rings (SSSR count). The normalized spacial score (nSPS) is 11.0. The zero-order valence-electron chi connectivity index (χ0n) is 13.3. The van der Waals surface area contributed by atoms with E-state index in [0.717, 1.165) is 10.4 Å². The number of rotatable bonds is 4. The van der Waals surface area contributed by atoms with Gasteiger partial charge in [0.15, 0.2) is 0 Å². The van der Waals surface area contributed by atoms with Crippen molar-refractivity contribution < 1.29 is 9.18 Å². The minimum Gasteiger partial charge on any atom is -0.324 e. The van der Waals surface area contributed by atoms with Gasteiger partial charge in [0.05, 0.1) is 17.4 Å². The van der Waals surface area contributed by atoms with Gasteiger partial charge in [-0.05, 0) is 31.5 Å². The zero-order valence-corrected chi connectivity index (χ0v) is 14.1. The Morgan fingerprint density at radius 1 is 1.33 bits per heavy atom. The Morgan fingerprint density at radius 2 is 2.08 bits per heavy atom. The molecule has 5 nitrogen and oxygen atoms in total. The summed E-state index contributed by atoms with van der Waals surface area (Å²) in [5.74, 6) is -0.846. The maximum Gasteiger partial charge on any atom is 0.262 e. The summed E-state index contributed by atoms with van der Waals surface area (Å²) in [6.45, 7) is 4.04. The van der Waals surface area contributed by atoms with Crippen LogP contribution in [0.25, 0.3) is 10.2 Å². The minimum atomic E-state index is -0.490. The molecule has 0 radical (unpaired) electrons. The van der Waals surface area contributed by atoms with Crippen LogP contribution in [0.15, 0.2) is 35.4 Å². The Labute approximate surface area is 141 Å². The lowest BCUT2D eigenvalue weighted by Gasteiger charge is -2.07. The summed E-state index contributed by atoms with van der Waals surface area (Å²) in [5.41, 5.74) is 0.908. The number of nitrogens with zero attached hydrogens (tertiary/aromatic N) is 2. The van der Waals surface area contributed by atoms with E-state index in [-0.39, 0.29) is 30.1 Å². The van der Waals surface area contributed by atoms with E-state index in [2.05, 4.69) is 10.3 Å². The zero-order chi connectivity index (χ0) is 17.3. The van der Waals surface area contributed by atoms with Crippen molar-refractivity contribution in [3.05, 3.63) is 57.2 Å². The number of fused-ring (bicyclic) bond motifs is 1. The molecule has 0 saturated heterocycles. The number of aryl methyl sites for hydroxylation is 3. The number of para-hydroxylation sites is 1. The van der Waals surface area contributed by atoms with E-state index < -0.39 is 5.82 Å². The molecule has 7 heteroatoms. The van der Waals surface area contributed by atoms with Crippen LogP contribution in [-0.4, -0.2) is 15.5 Å². The van der Waals surface area contributed by atoms with Crippen molar-refractivity contribution in [1.82, 2.24) is 9.55 Å². The first-order valence-corrected chi connectivity index (χ1v) is 8.28. The molecule has 0 unspecified atom stereocenters. The van der Waals surface area contributed by atoms with Gasteiger partial charge in [-0.1, -0.05) is 12.1 Å². The molecule has 1 N–H and O–H groups in total. The fourth-order valence-electron chi connectivity index (χ4n) is 2.43. The molecule has 2 heterocycles. The first kappa shape index (κ1) is 16.3. The highest BCUT2D eigenvalue weighted by Gasteiger charge is 2.13. The van der Waals surface area contributed by atoms with Crippen molar-refractivity contribution in [2.24, 2.45) is 0 Å². The number of benzene rings is 1. The summed E-state index contributed by atoms with van der Waals surface area (Å²) in [6, 6.07) is 5.96. The van der Waals surface area contributed by atoms with Gasteiger partial charge in [0.2, 0.25) is 5.91 Å². The molecule has 0 atom stereocenters. The largest absolute Gasteiger partial charge is 0.324 e. The molecule has 0 aliphatic rings. The van der Waals surface area contributed by atoms with E-state index in [0.29, 0.717) is 10.2 Å². The number of carbonyl (C=O) groups is 1. The number of amides is 1. The number of halogens is 1. The van der Waals surface area contributed by atoms with Crippen LogP contribution in [0, 0.1) is 19.7 Å². The Kier molecular flexibility index (Phi) is 4.44. The van der Waals surface area contributed by atoms with Crippen LogP contribution in [0.4, 0.5) is 10.1 Å². The maximum atomic E-state index is 13.5. The van der Waals surface area contributed by atoms with Gasteiger partial charge in [0, 0.05) is 17.8 Å². The monoisotopic (exact) mass is 345 g/mol. The summed E-state index contributed by atoms with van der Waals surface area (Å²) >= 11 is 1.48. The molecule has 1 aromatic carbocycles. The number of carbonyl (C=O) groups excluding carboxylic acids is 1. The van der Waals surface area contributed by atoms with Gasteiger partial charge in [-0.3, -0.25) is 14.2 Å². The van der Waals surface area contributed by atoms with Crippen LogP contribution >= 0.6 is 11.3 Å². The van der Waals surface area contributed by atoms with E-state index in [1.165, 1.54) is 34.4 Å². The van der Waals surface area contributed by atoms with Crippen LogP contribution < -0.4 is 10.9 Å². The quantitative estimate of drug-likeness (QED) is 0.789. The molecule has 124 valence electrons. The summed E-state index contributed by atoms with van der Waals surface area (Å²) < 4.78 is 14.9. The molecule has 1 amide bonds. The third-order valence-corrected chi connectivity index (χ3v) is 5.00. The second-order valence-corrected chi connectivity index (χ2v) is 6.69. The van der Waals surface area contributed by atoms with Gasteiger partial charge >= 0.3 is 0 Å². The van der Waals surface area contributed by atoms with Gasteiger partial charge in [-0.25, -0.2) is 9.37 Å². The summed E-state index contributed by atoms with van der Waals surface area (Å²) in [7, 11) is 0. The Balaban J connectivity index is 1.75. The number of anilines is 1. The average Bonchev–Trinajstić information content (AvgIpc) is 2.84. The van der Waals surface area contributed by atoms with Crippen LogP contribution in [0.5, 0.6) is 0 Å². The molecule has 0 aliphatic carbocycles. The van der Waals surface area contributed by atoms with E-state index in [1.807, 2.05) is 13.8 Å². The fourth-order valence-corrected chi connectivity index (χ4v) is 3.41. The first-order chi connectivity index (χ1) is 11.5. The third kappa shape index (κ3) is 3.07. The third-order valence-electron chi connectivity index (χ3n) is 3.88. The van der Waals surface area contributed by atoms with Crippen molar-refractivity contribution in [3.8, 4) is 0 Å².